The van der Waals surface area contributed by atoms with Crippen LogP contribution in [-0.2, 0) is 16.1 Å². The molecule has 0 aromatic heterocycles. The van der Waals surface area contributed by atoms with E-state index < -0.39 is 0 Å². The molecule has 0 atom stereocenters. The highest BCUT2D eigenvalue weighted by molar-refractivity contribution is 6.04. The van der Waals surface area contributed by atoms with Crippen molar-refractivity contribution in [2.24, 2.45) is 0 Å². The first-order valence-electron chi connectivity index (χ1n) is 8.32. The minimum Gasteiger partial charge on any atom is -0.343 e. The summed E-state index contributed by atoms with van der Waals surface area (Å²) in [5, 5.41) is 0. The van der Waals surface area contributed by atoms with Gasteiger partial charge >= 0.3 is 0 Å². The first kappa shape index (κ1) is 17.7. The van der Waals surface area contributed by atoms with Crippen molar-refractivity contribution in [1.82, 2.24) is 4.90 Å². The Balaban J connectivity index is 2.19. The number of anilines is 1. The Morgan fingerprint density at radius 1 is 0.792 bits per heavy atom. The third kappa shape index (κ3) is 4.69. The third-order valence-corrected chi connectivity index (χ3v) is 3.97. The molecule has 0 fully saturated rings. The fourth-order valence-electron chi connectivity index (χ4n) is 2.61. The van der Waals surface area contributed by atoms with E-state index in [1.165, 1.54) is 0 Å². The van der Waals surface area contributed by atoms with E-state index in [0.717, 1.165) is 11.3 Å². The Hall–Kier alpha value is -2.62. The van der Waals surface area contributed by atoms with Crippen molar-refractivity contribution >= 4 is 17.5 Å². The molecule has 0 aliphatic carbocycles. The zero-order valence-corrected chi connectivity index (χ0v) is 14.3. The first-order valence-corrected chi connectivity index (χ1v) is 8.32. The van der Waals surface area contributed by atoms with Crippen LogP contribution in [0.2, 0.25) is 0 Å². The third-order valence-electron chi connectivity index (χ3n) is 3.97. The van der Waals surface area contributed by atoms with Crippen LogP contribution in [0.3, 0.4) is 0 Å². The molecule has 0 N–H and O–H groups in total. The maximum atomic E-state index is 12.8. The first-order chi connectivity index (χ1) is 11.7. The second kappa shape index (κ2) is 8.87. The van der Waals surface area contributed by atoms with Gasteiger partial charge < -0.3 is 9.80 Å². The molecule has 0 unspecified atom stereocenters. The van der Waals surface area contributed by atoms with Gasteiger partial charge in [-0.25, -0.2) is 0 Å². The molecule has 4 nitrogen and oxygen atoms in total. The van der Waals surface area contributed by atoms with Crippen LogP contribution in [0.1, 0.15) is 25.8 Å². The van der Waals surface area contributed by atoms with Gasteiger partial charge in [-0.15, -0.1) is 0 Å². The molecule has 0 heterocycles. The molecule has 2 amide bonds. The molecule has 2 aromatic rings. The van der Waals surface area contributed by atoms with Gasteiger partial charge in [-0.05, 0) is 31.5 Å². The summed E-state index contributed by atoms with van der Waals surface area (Å²) in [7, 11) is 0. The number of carbonyl (C=O) groups excluding carboxylic acids is 2. The van der Waals surface area contributed by atoms with E-state index in [1.54, 1.807) is 9.80 Å². The fourth-order valence-corrected chi connectivity index (χ4v) is 2.61. The van der Waals surface area contributed by atoms with Gasteiger partial charge in [0.25, 0.3) is 0 Å². The summed E-state index contributed by atoms with van der Waals surface area (Å²) in [5.41, 5.74) is 1.84. The zero-order valence-electron chi connectivity index (χ0n) is 14.3. The lowest BCUT2D eigenvalue weighted by molar-refractivity contribution is -0.135. The number of carbonyl (C=O) groups is 2. The van der Waals surface area contributed by atoms with Crippen LogP contribution < -0.4 is 4.90 Å². The predicted molar refractivity (Wildman–Crippen MR) is 96.6 cm³/mol. The summed E-state index contributed by atoms with van der Waals surface area (Å²) in [6.07, 6.45) is -0.108. The van der Waals surface area contributed by atoms with Crippen LogP contribution in [0, 0.1) is 0 Å². The number of benzene rings is 2. The van der Waals surface area contributed by atoms with Crippen molar-refractivity contribution in [3.63, 3.8) is 0 Å². The summed E-state index contributed by atoms with van der Waals surface area (Å²) < 4.78 is 0. The van der Waals surface area contributed by atoms with Gasteiger partial charge in [0.15, 0.2) is 0 Å². The van der Waals surface area contributed by atoms with Crippen molar-refractivity contribution in [2.75, 3.05) is 18.0 Å². The van der Waals surface area contributed by atoms with Crippen molar-refractivity contribution in [3.05, 3.63) is 66.2 Å². The lowest BCUT2D eigenvalue weighted by Gasteiger charge is -2.25. The van der Waals surface area contributed by atoms with Crippen LogP contribution >= 0.6 is 0 Å². The molecule has 0 saturated heterocycles. The van der Waals surface area contributed by atoms with E-state index >= 15 is 0 Å². The van der Waals surface area contributed by atoms with Crippen molar-refractivity contribution < 1.29 is 9.59 Å². The summed E-state index contributed by atoms with van der Waals surface area (Å²) in [4.78, 5) is 28.4. The van der Waals surface area contributed by atoms with Crippen molar-refractivity contribution in [3.8, 4) is 0 Å². The maximum absolute atomic E-state index is 12.8. The Bertz CT molecular complexity index is 652. The lowest BCUT2D eigenvalue weighted by atomic mass is 10.1. The van der Waals surface area contributed by atoms with Crippen LogP contribution in [-0.4, -0.2) is 29.8 Å². The number of para-hydroxylation sites is 1. The maximum Gasteiger partial charge on any atom is 0.236 e. The average molecular weight is 324 g/mol. The Kier molecular flexibility index (Phi) is 6.55. The van der Waals surface area contributed by atoms with E-state index in [1.807, 2.05) is 74.5 Å². The van der Waals surface area contributed by atoms with Gasteiger partial charge in [-0.2, -0.15) is 0 Å². The van der Waals surface area contributed by atoms with Gasteiger partial charge in [0.1, 0.15) is 6.42 Å². The molecule has 126 valence electrons. The summed E-state index contributed by atoms with van der Waals surface area (Å²) >= 11 is 0. The molecular formula is C20H24N2O2. The second-order valence-corrected chi connectivity index (χ2v) is 5.54. The fraction of sp³-hybridized carbons (Fsp3) is 0.300. The Labute approximate surface area is 143 Å². The zero-order chi connectivity index (χ0) is 17.4. The number of amides is 2. The summed E-state index contributed by atoms with van der Waals surface area (Å²) in [5.74, 6) is -0.305. The van der Waals surface area contributed by atoms with Gasteiger partial charge in [-0.1, -0.05) is 48.5 Å². The highest BCUT2D eigenvalue weighted by atomic mass is 16.2. The van der Waals surface area contributed by atoms with Crippen LogP contribution in [0.25, 0.3) is 0 Å². The predicted octanol–water partition coefficient (Wildman–Crippen LogP) is 3.48. The Morgan fingerprint density at radius 2 is 1.33 bits per heavy atom. The minimum atomic E-state index is -0.179. The van der Waals surface area contributed by atoms with Crippen LogP contribution in [0.5, 0.6) is 0 Å². The molecule has 2 rings (SSSR count). The van der Waals surface area contributed by atoms with E-state index in [0.29, 0.717) is 19.6 Å². The quantitative estimate of drug-likeness (QED) is 0.732. The van der Waals surface area contributed by atoms with Gasteiger partial charge in [0.05, 0.1) is 6.54 Å². The molecule has 2 aromatic carbocycles. The highest BCUT2D eigenvalue weighted by Crippen LogP contribution is 2.18. The van der Waals surface area contributed by atoms with E-state index in [2.05, 4.69) is 0 Å². The molecule has 0 radical (unpaired) electrons. The van der Waals surface area contributed by atoms with Crippen LogP contribution in [0.4, 0.5) is 5.69 Å². The molecule has 0 aliphatic heterocycles. The highest BCUT2D eigenvalue weighted by Gasteiger charge is 2.21. The lowest BCUT2D eigenvalue weighted by Crippen LogP contribution is -2.37. The average Bonchev–Trinajstić information content (AvgIpc) is 2.62. The summed E-state index contributed by atoms with van der Waals surface area (Å²) in [6.45, 7) is 5.53. The van der Waals surface area contributed by atoms with E-state index in [-0.39, 0.29) is 18.2 Å². The minimum absolute atomic E-state index is 0.108. The van der Waals surface area contributed by atoms with E-state index in [9.17, 15) is 9.59 Å². The Morgan fingerprint density at radius 3 is 1.88 bits per heavy atom. The molecule has 0 saturated carbocycles. The molecule has 4 heteroatoms. The SMILES string of the molecule is CCN(CC)C(=O)CC(=O)N(Cc1ccccc1)c1ccccc1. The number of hydrogen-bond donors (Lipinski definition) is 0. The largest absolute Gasteiger partial charge is 0.343 e. The molecule has 0 aliphatic rings. The van der Waals surface area contributed by atoms with Gasteiger partial charge in [0.2, 0.25) is 11.8 Å². The summed E-state index contributed by atoms with van der Waals surface area (Å²) in [6, 6.07) is 19.3. The van der Waals surface area contributed by atoms with Gasteiger partial charge in [-0.3, -0.25) is 9.59 Å². The second-order valence-electron chi connectivity index (χ2n) is 5.54. The molecular weight excluding hydrogens is 300 g/mol. The van der Waals surface area contributed by atoms with Crippen LogP contribution in [0.15, 0.2) is 60.7 Å². The molecule has 0 bridgehead atoms. The van der Waals surface area contributed by atoms with Gasteiger partial charge in [0, 0.05) is 18.8 Å². The van der Waals surface area contributed by atoms with Crippen molar-refractivity contribution in [1.29, 1.82) is 0 Å². The normalized spacial score (nSPS) is 10.2. The van der Waals surface area contributed by atoms with E-state index in [4.69, 9.17) is 0 Å². The molecule has 0 spiro atoms. The number of nitrogens with zero attached hydrogens (tertiary/aromatic N) is 2. The molecule has 24 heavy (non-hydrogen) atoms. The standard InChI is InChI=1S/C20H24N2O2/c1-3-21(4-2)19(23)15-20(24)22(18-13-9-6-10-14-18)16-17-11-7-5-8-12-17/h5-14H,3-4,15-16H2,1-2H3. The number of rotatable bonds is 7. The van der Waals surface area contributed by atoms with Crippen molar-refractivity contribution in [2.45, 2.75) is 26.8 Å². The topological polar surface area (TPSA) is 40.6 Å². The smallest absolute Gasteiger partial charge is 0.236 e. The number of hydrogen-bond acceptors (Lipinski definition) is 2. The monoisotopic (exact) mass is 324 g/mol.